The van der Waals surface area contributed by atoms with E-state index in [9.17, 15) is 4.79 Å². The Kier molecular flexibility index (Phi) is 3.49. The lowest BCUT2D eigenvalue weighted by atomic mass is 10.3. The molecule has 0 unspecified atom stereocenters. The SMILES string of the molecule is COc1ccc2nc(NC(=O)[C@H](C)Cl)sc2c1. The molecule has 1 heterocycles. The van der Waals surface area contributed by atoms with Crippen molar-refractivity contribution in [3.63, 3.8) is 0 Å². The molecule has 0 bridgehead atoms. The Balaban J connectivity index is 2.28. The number of methoxy groups -OCH3 is 1. The van der Waals surface area contributed by atoms with Gasteiger partial charge >= 0.3 is 0 Å². The number of fused-ring (bicyclic) bond motifs is 1. The van der Waals surface area contributed by atoms with Gasteiger partial charge in [0, 0.05) is 0 Å². The summed E-state index contributed by atoms with van der Waals surface area (Å²) in [6.45, 7) is 1.62. The summed E-state index contributed by atoms with van der Waals surface area (Å²) in [6, 6.07) is 5.56. The van der Waals surface area contributed by atoms with E-state index in [0.717, 1.165) is 16.0 Å². The standard InChI is InChI=1S/C11H11ClN2O2S/c1-6(12)10(15)14-11-13-8-4-3-7(16-2)5-9(8)17-11/h3-6H,1-2H3,(H,13,14,15)/t6-/m0/s1. The van der Waals surface area contributed by atoms with Gasteiger partial charge in [-0.3, -0.25) is 4.79 Å². The summed E-state index contributed by atoms with van der Waals surface area (Å²) in [5.41, 5.74) is 0.827. The number of nitrogens with zero attached hydrogens (tertiary/aromatic N) is 1. The maximum atomic E-state index is 11.4. The van der Waals surface area contributed by atoms with Gasteiger partial charge < -0.3 is 10.1 Å². The minimum Gasteiger partial charge on any atom is -0.497 e. The Bertz CT molecular complexity index is 553. The molecule has 0 aliphatic carbocycles. The van der Waals surface area contributed by atoms with Crippen LogP contribution < -0.4 is 10.1 Å². The Hall–Kier alpha value is -1.33. The molecule has 0 fully saturated rings. The van der Waals surface area contributed by atoms with Crippen molar-refractivity contribution in [3.8, 4) is 5.75 Å². The van der Waals surface area contributed by atoms with E-state index < -0.39 is 5.38 Å². The van der Waals surface area contributed by atoms with Gasteiger partial charge in [-0.05, 0) is 25.1 Å². The molecule has 1 aromatic heterocycles. The molecule has 1 amide bonds. The molecule has 0 spiro atoms. The van der Waals surface area contributed by atoms with Crippen molar-refractivity contribution in [2.24, 2.45) is 0 Å². The summed E-state index contributed by atoms with van der Waals surface area (Å²) in [6.07, 6.45) is 0. The number of carbonyl (C=O) groups is 1. The van der Waals surface area contributed by atoms with E-state index in [2.05, 4.69) is 10.3 Å². The smallest absolute Gasteiger partial charge is 0.243 e. The van der Waals surface area contributed by atoms with E-state index in [1.54, 1.807) is 14.0 Å². The van der Waals surface area contributed by atoms with Crippen molar-refractivity contribution < 1.29 is 9.53 Å². The molecule has 2 rings (SSSR count). The van der Waals surface area contributed by atoms with Crippen molar-refractivity contribution in [2.45, 2.75) is 12.3 Å². The normalized spacial score (nSPS) is 12.4. The van der Waals surface area contributed by atoms with Gasteiger partial charge in [-0.15, -0.1) is 11.6 Å². The summed E-state index contributed by atoms with van der Waals surface area (Å²) in [5.74, 6) is 0.516. The zero-order chi connectivity index (χ0) is 12.4. The third kappa shape index (κ3) is 2.68. The molecule has 0 saturated heterocycles. The lowest BCUT2D eigenvalue weighted by Gasteiger charge is -2.01. The van der Waals surface area contributed by atoms with Gasteiger partial charge in [0.05, 0.1) is 17.3 Å². The second kappa shape index (κ2) is 4.89. The fourth-order valence-electron chi connectivity index (χ4n) is 1.29. The average Bonchev–Trinajstić information content (AvgIpc) is 2.69. The summed E-state index contributed by atoms with van der Waals surface area (Å²) in [7, 11) is 1.61. The third-order valence-corrected chi connectivity index (χ3v) is 3.32. The van der Waals surface area contributed by atoms with Crippen LogP contribution in [0.4, 0.5) is 5.13 Å². The van der Waals surface area contributed by atoms with Crippen LogP contribution in [0.5, 0.6) is 5.75 Å². The zero-order valence-electron chi connectivity index (χ0n) is 9.36. The second-order valence-electron chi connectivity index (χ2n) is 3.46. The van der Waals surface area contributed by atoms with Crippen LogP contribution in [0.25, 0.3) is 10.2 Å². The summed E-state index contributed by atoms with van der Waals surface area (Å²) in [4.78, 5) is 15.7. The van der Waals surface area contributed by atoms with Gasteiger partial charge in [-0.2, -0.15) is 0 Å². The molecule has 6 heteroatoms. The average molecular weight is 271 g/mol. The Morgan fingerprint density at radius 3 is 3.00 bits per heavy atom. The highest BCUT2D eigenvalue weighted by Crippen LogP contribution is 2.29. The monoisotopic (exact) mass is 270 g/mol. The fourth-order valence-corrected chi connectivity index (χ4v) is 2.24. The summed E-state index contributed by atoms with van der Waals surface area (Å²) >= 11 is 7.06. The molecule has 90 valence electrons. The van der Waals surface area contributed by atoms with E-state index >= 15 is 0 Å². The van der Waals surface area contributed by atoms with Crippen LogP contribution >= 0.6 is 22.9 Å². The van der Waals surface area contributed by atoms with Crippen LogP contribution in [0.15, 0.2) is 18.2 Å². The molecule has 1 atom stereocenters. The molecule has 0 aliphatic rings. The second-order valence-corrected chi connectivity index (χ2v) is 5.14. The van der Waals surface area contributed by atoms with Gasteiger partial charge in [0.15, 0.2) is 5.13 Å². The van der Waals surface area contributed by atoms with Gasteiger partial charge in [0.25, 0.3) is 0 Å². The van der Waals surface area contributed by atoms with Crippen LogP contribution in [0.2, 0.25) is 0 Å². The number of halogens is 1. The lowest BCUT2D eigenvalue weighted by Crippen LogP contribution is -2.19. The topological polar surface area (TPSA) is 51.2 Å². The van der Waals surface area contributed by atoms with Crippen molar-refractivity contribution in [1.29, 1.82) is 0 Å². The maximum absolute atomic E-state index is 11.4. The number of nitrogens with one attached hydrogen (secondary N) is 1. The number of ether oxygens (including phenoxy) is 1. The van der Waals surface area contributed by atoms with E-state index in [0.29, 0.717) is 5.13 Å². The third-order valence-electron chi connectivity index (χ3n) is 2.19. The number of hydrogen-bond acceptors (Lipinski definition) is 4. The van der Waals surface area contributed by atoms with Crippen LogP contribution in [-0.2, 0) is 4.79 Å². The number of carbonyl (C=O) groups excluding carboxylic acids is 1. The first-order chi connectivity index (χ1) is 8.10. The molecule has 0 radical (unpaired) electrons. The first-order valence-electron chi connectivity index (χ1n) is 4.99. The van der Waals surface area contributed by atoms with E-state index in [4.69, 9.17) is 16.3 Å². The first kappa shape index (κ1) is 12.1. The number of anilines is 1. The minimum atomic E-state index is -0.573. The lowest BCUT2D eigenvalue weighted by molar-refractivity contribution is -0.115. The van der Waals surface area contributed by atoms with E-state index in [1.165, 1.54) is 11.3 Å². The van der Waals surface area contributed by atoms with Gasteiger partial charge in [0.1, 0.15) is 11.1 Å². The van der Waals surface area contributed by atoms with Crippen LogP contribution in [0.1, 0.15) is 6.92 Å². The predicted molar refractivity (Wildman–Crippen MR) is 70.1 cm³/mol. The van der Waals surface area contributed by atoms with Gasteiger partial charge in [0.2, 0.25) is 5.91 Å². The highest BCUT2D eigenvalue weighted by atomic mass is 35.5. The molecule has 4 nitrogen and oxygen atoms in total. The number of benzene rings is 1. The van der Waals surface area contributed by atoms with E-state index in [-0.39, 0.29) is 5.91 Å². The quantitative estimate of drug-likeness (QED) is 0.873. The van der Waals surface area contributed by atoms with Crippen molar-refractivity contribution >= 4 is 44.2 Å². The molecule has 2 aromatic rings. The number of alkyl halides is 1. The van der Waals surface area contributed by atoms with Gasteiger partial charge in [-0.25, -0.2) is 4.98 Å². The van der Waals surface area contributed by atoms with Crippen molar-refractivity contribution in [1.82, 2.24) is 4.98 Å². The number of aromatic nitrogens is 1. The highest BCUT2D eigenvalue weighted by Gasteiger charge is 2.12. The molecular weight excluding hydrogens is 260 g/mol. The van der Waals surface area contributed by atoms with Crippen molar-refractivity contribution in [3.05, 3.63) is 18.2 Å². The van der Waals surface area contributed by atoms with Crippen LogP contribution in [0.3, 0.4) is 0 Å². The molecule has 17 heavy (non-hydrogen) atoms. The largest absolute Gasteiger partial charge is 0.497 e. The number of hydrogen-bond donors (Lipinski definition) is 1. The predicted octanol–water partition coefficient (Wildman–Crippen LogP) is 2.87. The molecular formula is C11H11ClN2O2S. The maximum Gasteiger partial charge on any atom is 0.243 e. The Morgan fingerprint density at radius 2 is 2.35 bits per heavy atom. The Labute approximate surface area is 108 Å². The Morgan fingerprint density at radius 1 is 1.59 bits per heavy atom. The zero-order valence-corrected chi connectivity index (χ0v) is 10.9. The van der Waals surface area contributed by atoms with Crippen LogP contribution in [-0.4, -0.2) is 23.4 Å². The molecule has 1 aromatic carbocycles. The van der Waals surface area contributed by atoms with E-state index in [1.807, 2.05) is 18.2 Å². The first-order valence-corrected chi connectivity index (χ1v) is 6.25. The number of rotatable bonds is 3. The number of thiazole rings is 1. The summed E-state index contributed by atoms with van der Waals surface area (Å²) < 4.78 is 6.08. The van der Waals surface area contributed by atoms with Gasteiger partial charge in [-0.1, -0.05) is 11.3 Å². The fraction of sp³-hybridized carbons (Fsp3) is 0.273. The van der Waals surface area contributed by atoms with Crippen LogP contribution in [0, 0.1) is 0 Å². The summed E-state index contributed by atoms with van der Waals surface area (Å²) in [5, 5.41) is 2.64. The number of amides is 1. The molecule has 0 aliphatic heterocycles. The minimum absolute atomic E-state index is 0.252. The van der Waals surface area contributed by atoms with Crippen molar-refractivity contribution in [2.75, 3.05) is 12.4 Å². The highest BCUT2D eigenvalue weighted by molar-refractivity contribution is 7.22. The molecule has 0 saturated carbocycles. The molecule has 1 N–H and O–H groups in total.